The van der Waals surface area contributed by atoms with Gasteiger partial charge >= 0.3 is 17.9 Å². The molecule has 6 nitrogen and oxygen atoms in total. The van der Waals surface area contributed by atoms with Crippen LogP contribution in [0.2, 0.25) is 0 Å². The van der Waals surface area contributed by atoms with Gasteiger partial charge < -0.3 is 14.2 Å². The van der Waals surface area contributed by atoms with E-state index in [0.717, 1.165) is 70.6 Å². The normalized spacial score (nSPS) is 12.4. The van der Waals surface area contributed by atoms with Gasteiger partial charge in [-0.1, -0.05) is 268 Å². The van der Waals surface area contributed by atoms with Crippen molar-refractivity contribution in [3.05, 3.63) is 60.8 Å². The van der Waals surface area contributed by atoms with Gasteiger partial charge in [0.2, 0.25) is 0 Å². The van der Waals surface area contributed by atoms with Crippen molar-refractivity contribution in [3.63, 3.8) is 0 Å². The molecule has 0 radical (unpaired) electrons. The Morgan fingerprint density at radius 3 is 0.886 bits per heavy atom. The molecule has 0 N–H and O–H groups in total. The molecule has 70 heavy (non-hydrogen) atoms. The SMILES string of the molecule is CCCCC/C=C\C/C=C\C/C=C\C/C=C\CCCC(=O)O[C@H](COC(=O)CCCCCCC/C=C\CCCCCCCCC)COC(=O)CCCCCCCCCCCCCCCCCCCCC. The molecule has 0 heterocycles. The number of esters is 3. The van der Waals surface area contributed by atoms with Crippen LogP contribution in [0.5, 0.6) is 0 Å². The lowest BCUT2D eigenvalue weighted by molar-refractivity contribution is -0.167. The van der Waals surface area contributed by atoms with Crippen molar-refractivity contribution in [3.8, 4) is 0 Å². The Bertz CT molecular complexity index is 1260. The van der Waals surface area contributed by atoms with Gasteiger partial charge in [0.1, 0.15) is 13.2 Å². The minimum atomic E-state index is -0.805. The van der Waals surface area contributed by atoms with Gasteiger partial charge in [-0.05, 0) is 83.5 Å². The number of allylic oxidation sites excluding steroid dienone is 10. The highest BCUT2D eigenvalue weighted by Gasteiger charge is 2.19. The molecule has 0 spiro atoms. The molecule has 0 aromatic rings. The minimum absolute atomic E-state index is 0.0956. The monoisotopic (exact) mass is 979 g/mol. The first-order valence-electron chi connectivity index (χ1n) is 30.3. The summed E-state index contributed by atoms with van der Waals surface area (Å²) in [4.78, 5) is 38.2. The maximum Gasteiger partial charge on any atom is 0.306 e. The molecule has 0 saturated carbocycles. The number of hydrogen-bond acceptors (Lipinski definition) is 6. The van der Waals surface area contributed by atoms with E-state index in [0.29, 0.717) is 19.3 Å². The van der Waals surface area contributed by atoms with Gasteiger partial charge in [-0.25, -0.2) is 0 Å². The third kappa shape index (κ3) is 56.0. The molecule has 0 aromatic carbocycles. The fourth-order valence-electron chi connectivity index (χ4n) is 8.67. The third-order valence-corrected chi connectivity index (χ3v) is 13.2. The van der Waals surface area contributed by atoms with Gasteiger partial charge in [-0.2, -0.15) is 0 Å². The second kappa shape index (κ2) is 58.7. The number of unbranched alkanes of at least 4 members (excludes halogenated alkanes) is 34. The van der Waals surface area contributed by atoms with Crippen LogP contribution in [0.1, 0.15) is 310 Å². The Morgan fingerprint density at radius 2 is 0.529 bits per heavy atom. The first kappa shape index (κ1) is 67.1. The van der Waals surface area contributed by atoms with E-state index >= 15 is 0 Å². The van der Waals surface area contributed by atoms with Crippen LogP contribution in [-0.2, 0) is 28.6 Å². The zero-order chi connectivity index (χ0) is 50.7. The van der Waals surface area contributed by atoms with Crippen LogP contribution in [0.15, 0.2) is 60.8 Å². The maximum absolute atomic E-state index is 12.8. The summed E-state index contributed by atoms with van der Waals surface area (Å²) in [5.41, 5.74) is 0. The molecule has 0 aliphatic rings. The van der Waals surface area contributed by atoms with Crippen LogP contribution in [0.4, 0.5) is 0 Å². The number of carbonyl (C=O) groups is 3. The second-order valence-corrected chi connectivity index (χ2v) is 20.3. The topological polar surface area (TPSA) is 78.9 Å². The fourth-order valence-corrected chi connectivity index (χ4v) is 8.67. The summed E-state index contributed by atoms with van der Waals surface area (Å²) in [6, 6.07) is 0. The Balaban J connectivity index is 4.43. The molecule has 6 heteroatoms. The van der Waals surface area contributed by atoms with E-state index < -0.39 is 6.10 Å². The summed E-state index contributed by atoms with van der Waals surface area (Å²) in [6.45, 7) is 6.60. The van der Waals surface area contributed by atoms with E-state index in [1.165, 1.54) is 193 Å². The predicted molar refractivity (Wildman–Crippen MR) is 302 cm³/mol. The van der Waals surface area contributed by atoms with Crippen molar-refractivity contribution < 1.29 is 28.6 Å². The largest absolute Gasteiger partial charge is 0.462 e. The van der Waals surface area contributed by atoms with Crippen LogP contribution in [0.3, 0.4) is 0 Å². The Labute approximate surface area is 434 Å². The van der Waals surface area contributed by atoms with Crippen LogP contribution < -0.4 is 0 Å². The van der Waals surface area contributed by atoms with Crippen molar-refractivity contribution in [1.29, 1.82) is 0 Å². The van der Waals surface area contributed by atoms with Crippen LogP contribution in [0.25, 0.3) is 0 Å². The van der Waals surface area contributed by atoms with Gasteiger partial charge in [0, 0.05) is 19.3 Å². The van der Waals surface area contributed by atoms with Gasteiger partial charge in [-0.15, -0.1) is 0 Å². The van der Waals surface area contributed by atoms with Crippen molar-refractivity contribution in [2.75, 3.05) is 13.2 Å². The molecule has 0 fully saturated rings. The lowest BCUT2D eigenvalue weighted by atomic mass is 10.0. The first-order chi connectivity index (χ1) is 34.5. The van der Waals surface area contributed by atoms with Gasteiger partial charge in [0.05, 0.1) is 0 Å². The van der Waals surface area contributed by atoms with E-state index in [-0.39, 0.29) is 37.5 Å². The highest BCUT2D eigenvalue weighted by molar-refractivity contribution is 5.71. The third-order valence-electron chi connectivity index (χ3n) is 13.2. The number of ether oxygens (including phenoxy) is 3. The molecule has 1 atom stereocenters. The van der Waals surface area contributed by atoms with E-state index in [9.17, 15) is 14.4 Å². The summed E-state index contributed by atoms with van der Waals surface area (Å²) < 4.78 is 16.8. The average Bonchev–Trinajstić information content (AvgIpc) is 3.36. The molecule has 0 aromatic heterocycles. The summed E-state index contributed by atoms with van der Waals surface area (Å²) in [5, 5.41) is 0. The van der Waals surface area contributed by atoms with Crippen molar-refractivity contribution in [2.45, 2.75) is 316 Å². The van der Waals surface area contributed by atoms with Gasteiger partial charge in [0.25, 0.3) is 0 Å². The highest BCUT2D eigenvalue weighted by Crippen LogP contribution is 2.16. The van der Waals surface area contributed by atoms with Crippen LogP contribution in [0, 0.1) is 0 Å². The minimum Gasteiger partial charge on any atom is -0.462 e. The fraction of sp³-hybridized carbons (Fsp3) is 0.797. The summed E-state index contributed by atoms with van der Waals surface area (Å²) in [6.07, 6.45) is 73.6. The smallest absolute Gasteiger partial charge is 0.306 e. The second-order valence-electron chi connectivity index (χ2n) is 20.3. The Kier molecular flexibility index (Phi) is 56.3. The summed E-state index contributed by atoms with van der Waals surface area (Å²) >= 11 is 0. The van der Waals surface area contributed by atoms with Crippen LogP contribution in [-0.4, -0.2) is 37.2 Å². The average molecular weight is 980 g/mol. The zero-order valence-electron chi connectivity index (χ0n) is 46.5. The summed E-state index contributed by atoms with van der Waals surface area (Å²) in [7, 11) is 0. The number of hydrogen-bond donors (Lipinski definition) is 0. The molecular weight excluding hydrogens is 865 g/mol. The lowest BCUT2D eigenvalue weighted by Gasteiger charge is -2.18. The Hall–Kier alpha value is -2.89. The lowest BCUT2D eigenvalue weighted by Crippen LogP contribution is -2.30. The van der Waals surface area contributed by atoms with Crippen molar-refractivity contribution in [2.24, 2.45) is 0 Å². The molecule has 0 aliphatic carbocycles. The number of rotatable bonds is 55. The maximum atomic E-state index is 12.8. The molecule has 406 valence electrons. The molecule has 0 rings (SSSR count). The van der Waals surface area contributed by atoms with E-state index in [1.54, 1.807) is 0 Å². The van der Waals surface area contributed by atoms with E-state index in [4.69, 9.17) is 14.2 Å². The van der Waals surface area contributed by atoms with Gasteiger partial charge in [-0.3, -0.25) is 14.4 Å². The molecule has 0 unspecified atom stereocenters. The van der Waals surface area contributed by atoms with Crippen molar-refractivity contribution in [1.82, 2.24) is 0 Å². The highest BCUT2D eigenvalue weighted by atomic mass is 16.6. The predicted octanol–water partition coefficient (Wildman–Crippen LogP) is 20.4. The van der Waals surface area contributed by atoms with E-state index in [1.807, 2.05) is 0 Å². The van der Waals surface area contributed by atoms with Crippen molar-refractivity contribution >= 4 is 17.9 Å². The quantitative estimate of drug-likeness (QED) is 0.0261. The summed E-state index contributed by atoms with van der Waals surface area (Å²) in [5.74, 6) is -0.946. The molecule has 0 saturated heterocycles. The standard InChI is InChI=1S/C64H114O6/c1-4-7-10-13-16-19-22-25-28-31-32-34-36-39-42-45-48-51-54-57-63(66)69-60-61(59-68-62(65)56-53-50-47-44-41-38-35-30-27-24-21-18-15-12-9-6-3)70-64(67)58-55-52-49-46-43-40-37-33-29-26-23-20-17-14-11-8-5-2/h17,20,26,29-30,35,37,40,46,49,61H,4-16,18-19,21-25,27-28,31-34,36,38-39,41-45,47-48,50-60H2,1-3H3/b20-17-,29-26-,35-30-,40-37-,49-46-/t61-/m1/s1. The first-order valence-corrected chi connectivity index (χ1v) is 30.3. The molecule has 0 amide bonds. The molecule has 0 bridgehead atoms. The molecular formula is C64H114O6. The van der Waals surface area contributed by atoms with Crippen LogP contribution >= 0.6 is 0 Å². The molecule has 0 aliphatic heterocycles. The Morgan fingerprint density at radius 1 is 0.286 bits per heavy atom. The zero-order valence-corrected chi connectivity index (χ0v) is 46.5. The van der Waals surface area contributed by atoms with E-state index in [2.05, 4.69) is 81.5 Å². The number of carbonyl (C=O) groups excluding carboxylic acids is 3. The van der Waals surface area contributed by atoms with Gasteiger partial charge in [0.15, 0.2) is 6.10 Å².